The van der Waals surface area contributed by atoms with E-state index in [0.717, 1.165) is 14.4 Å². The third-order valence-corrected chi connectivity index (χ3v) is 2.30. The Morgan fingerprint density at radius 3 is 2.40 bits per heavy atom. The molecule has 0 heterocycles. The summed E-state index contributed by atoms with van der Waals surface area (Å²) < 4.78 is 0. The average Bonchev–Trinajstić information content (AvgIpc) is 1.41. The average molecular weight is 110 g/mol. The minimum Gasteiger partial charge on any atom is -0.373 e. The molecule has 0 aliphatic heterocycles. The van der Waals surface area contributed by atoms with Gasteiger partial charge >= 0.3 is 0 Å². The summed E-state index contributed by atoms with van der Waals surface area (Å²) in [5, 5.41) is 0. The molecular weight excluding hydrogens is 102 g/mol. The van der Waals surface area contributed by atoms with Gasteiger partial charge in [0.05, 0.1) is 0 Å². The summed E-state index contributed by atoms with van der Waals surface area (Å²) in [5.74, 6) is 0. The first-order valence-electron chi connectivity index (χ1n) is 1.53. The molecule has 0 aliphatic rings. The predicted octanol–water partition coefficient (Wildman–Crippen LogP) is 1.19. The maximum absolute atomic E-state index is 8.11. The van der Waals surface area contributed by atoms with Gasteiger partial charge in [0.25, 0.3) is 0 Å². The Bertz CT molecular complexity index is 15.1. The molecule has 2 unspecified atom stereocenters. The van der Waals surface area contributed by atoms with Crippen molar-refractivity contribution in [1.82, 2.24) is 0 Å². The maximum Gasteiger partial charge on any atom is 0.0317 e. The minimum atomic E-state index is 0.186. The summed E-state index contributed by atoms with van der Waals surface area (Å²) in [6.07, 6.45) is 1.13. The zero-order valence-electron chi connectivity index (χ0n) is 3.15. The monoisotopic (exact) mass is 110 g/mol. The van der Waals surface area contributed by atoms with E-state index in [9.17, 15) is 0 Å². The van der Waals surface area contributed by atoms with Gasteiger partial charge in [0.1, 0.15) is 0 Å². The molecule has 5 heavy (non-hydrogen) atoms. The standard InChI is InChI=1S/C2H8OP2/c1-2-4-5-3/h3-5H,2H2,1H3. The normalized spacial score (nSPS) is 13.2. The summed E-state index contributed by atoms with van der Waals surface area (Å²) in [7, 11) is 0.966. The SMILES string of the molecule is CCPPO. The van der Waals surface area contributed by atoms with Crippen molar-refractivity contribution in [2.24, 2.45) is 0 Å². The van der Waals surface area contributed by atoms with Gasteiger partial charge in [0.15, 0.2) is 0 Å². The van der Waals surface area contributed by atoms with E-state index in [1.54, 1.807) is 0 Å². The Kier molecular flexibility index (Phi) is 5.61. The molecule has 32 valence electrons. The molecule has 3 heteroatoms. The van der Waals surface area contributed by atoms with Crippen LogP contribution in [0.3, 0.4) is 0 Å². The fraction of sp³-hybridized carbons (Fsp3) is 1.00. The highest BCUT2D eigenvalue weighted by molar-refractivity contribution is 8.09. The lowest BCUT2D eigenvalue weighted by Gasteiger charge is -1.80. The topological polar surface area (TPSA) is 20.2 Å². The summed E-state index contributed by atoms with van der Waals surface area (Å²) in [5.41, 5.74) is 0. The maximum atomic E-state index is 8.11. The van der Waals surface area contributed by atoms with E-state index in [1.807, 2.05) is 0 Å². The van der Waals surface area contributed by atoms with E-state index in [4.69, 9.17) is 4.89 Å². The molecule has 0 aliphatic carbocycles. The summed E-state index contributed by atoms with van der Waals surface area (Å²) in [6.45, 7) is 2.07. The van der Waals surface area contributed by atoms with Crippen LogP contribution in [0.25, 0.3) is 0 Å². The van der Waals surface area contributed by atoms with Crippen LogP contribution < -0.4 is 0 Å². The van der Waals surface area contributed by atoms with Crippen LogP contribution in [0.1, 0.15) is 6.92 Å². The van der Waals surface area contributed by atoms with Gasteiger partial charge < -0.3 is 4.89 Å². The van der Waals surface area contributed by atoms with Crippen LogP contribution in [0, 0.1) is 0 Å². The molecule has 1 nitrogen and oxygen atoms in total. The molecule has 0 fully saturated rings. The third-order valence-electron chi connectivity index (χ3n) is 0.256. The van der Waals surface area contributed by atoms with Crippen molar-refractivity contribution in [2.45, 2.75) is 6.92 Å². The summed E-state index contributed by atoms with van der Waals surface area (Å²) in [4.78, 5) is 8.11. The van der Waals surface area contributed by atoms with Crippen LogP contribution in [0.15, 0.2) is 0 Å². The van der Waals surface area contributed by atoms with Crippen LogP contribution >= 0.6 is 16.8 Å². The van der Waals surface area contributed by atoms with E-state index >= 15 is 0 Å². The van der Waals surface area contributed by atoms with Crippen molar-refractivity contribution in [2.75, 3.05) is 6.16 Å². The van der Waals surface area contributed by atoms with Gasteiger partial charge in [-0.3, -0.25) is 0 Å². The van der Waals surface area contributed by atoms with Crippen LogP contribution in [0.5, 0.6) is 0 Å². The van der Waals surface area contributed by atoms with Crippen molar-refractivity contribution in [3.05, 3.63) is 0 Å². The second kappa shape index (κ2) is 4.82. The quantitative estimate of drug-likeness (QED) is 0.529. The second-order valence-electron chi connectivity index (χ2n) is 0.642. The van der Waals surface area contributed by atoms with Gasteiger partial charge in [-0.25, -0.2) is 0 Å². The molecule has 0 aromatic carbocycles. The lowest BCUT2D eigenvalue weighted by atomic mass is 11.0. The lowest BCUT2D eigenvalue weighted by molar-refractivity contribution is 0.659. The summed E-state index contributed by atoms with van der Waals surface area (Å²) in [6, 6.07) is 0. The molecular formula is C2H8OP2. The molecule has 0 bridgehead atoms. The van der Waals surface area contributed by atoms with E-state index in [1.165, 1.54) is 0 Å². The zero-order chi connectivity index (χ0) is 4.12. The Balaban J connectivity index is 2.19. The number of hydrogen-bond donors (Lipinski definition) is 1. The molecule has 0 spiro atoms. The number of hydrogen-bond acceptors (Lipinski definition) is 1. The van der Waals surface area contributed by atoms with Gasteiger partial charge in [0.2, 0.25) is 0 Å². The molecule has 0 radical (unpaired) electrons. The van der Waals surface area contributed by atoms with E-state index in [-0.39, 0.29) is 8.50 Å². The number of rotatable bonds is 2. The van der Waals surface area contributed by atoms with Gasteiger partial charge in [-0.15, -0.1) is 0 Å². The zero-order valence-corrected chi connectivity index (χ0v) is 5.15. The Labute approximate surface area is 35.7 Å². The van der Waals surface area contributed by atoms with E-state index in [2.05, 4.69) is 6.92 Å². The molecule has 0 aromatic rings. The predicted molar refractivity (Wildman–Crippen MR) is 29.4 cm³/mol. The molecule has 2 atom stereocenters. The van der Waals surface area contributed by atoms with Crippen LogP contribution in [-0.4, -0.2) is 11.1 Å². The van der Waals surface area contributed by atoms with Crippen molar-refractivity contribution in [3.8, 4) is 0 Å². The Morgan fingerprint density at radius 2 is 2.40 bits per heavy atom. The molecule has 0 saturated carbocycles. The fourth-order valence-electron chi connectivity index (χ4n) is 0.0791. The van der Waals surface area contributed by atoms with Crippen molar-refractivity contribution >= 4 is 16.8 Å². The summed E-state index contributed by atoms with van der Waals surface area (Å²) >= 11 is 0. The highest BCUT2D eigenvalue weighted by atomic mass is 32.0. The van der Waals surface area contributed by atoms with Crippen LogP contribution in [-0.2, 0) is 0 Å². The smallest absolute Gasteiger partial charge is 0.0317 e. The lowest BCUT2D eigenvalue weighted by Crippen LogP contribution is -1.45. The van der Waals surface area contributed by atoms with Crippen molar-refractivity contribution in [3.63, 3.8) is 0 Å². The minimum absolute atomic E-state index is 0.186. The fourth-order valence-corrected chi connectivity index (χ4v) is 0.712. The van der Waals surface area contributed by atoms with Gasteiger partial charge in [-0.2, -0.15) is 0 Å². The van der Waals surface area contributed by atoms with Crippen LogP contribution in [0.2, 0.25) is 0 Å². The molecule has 0 aromatic heterocycles. The van der Waals surface area contributed by atoms with E-state index in [0.29, 0.717) is 0 Å². The first-order valence-corrected chi connectivity index (χ1v) is 4.69. The van der Waals surface area contributed by atoms with Crippen molar-refractivity contribution < 1.29 is 4.89 Å². The molecule has 1 N–H and O–H groups in total. The van der Waals surface area contributed by atoms with E-state index < -0.39 is 0 Å². The van der Waals surface area contributed by atoms with Crippen LogP contribution in [0.4, 0.5) is 0 Å². The molecule has 0 amide bonds. The van der Waals surface area contributed by atoms with Gasteiger partial charge in [-0.1, -0.05) is 15.2 Å². The van der Waals surface area contributed by atoms with Crippen molar-refractivity contribution in [1.29, 1.82) is 0 Å². The van der Waals surface area contributed by atoms with Gasteiger partial charge in [0, 0.05) is 8.50 Å². The third kappa shape index (κ3) is 4.82. The highest BCUT2D eigenvalue weighted by Crippen LogP contribution is 2.30. The Morgan fingerprint density at radius 1 is 1.80 bits per heavy atom. The first-order chi connectivity index (χ1) is 2.41. The first kappa shape index (κ1) is 5.82. The molecule has 0 saturated heterocycles. The highest BCUT2D eigenvalue weighted by Gasteiger charge is 1.68. The largest absolute Gasteiger partial charge is 0.373 e. The second-order valence-corrected chi connectivity index (χ2v) is 3.66. The Hall–Kier alpha value is 0.820. The molecule has 0 rings (SSSR count). The van der Waals surface area contributed by atoms with Gasteiger partial charge in [-0.05, 0) is 6.16 Å².